The van der Waals surface area contributed by atoms with Crippen LogP contribution in [0.4, 0.5) is 0 Å². The molecule has 0 rings (SSSR count). The Morgan fingerprint density at radius 3 is 1.83 bits per heavy atom. The lowest BCUT2D eigenvalue weighted by Crippen LogP contribution is -2.40. The second kappa shape index (κ2) is 10.8. The molecule has 0 heterocycles. The van der Waals surface area contributed by atoms with E-state index in [-0.39, 0.29) is 10.8 Å². The lowest BCUT2D eigenvalue weighted by molar-refractivity contribution is 0.126. The van der Waals surface area contributed by atoms with Gasteiger partial charge in [-0.15, -0.1) is 0 Å². The third kappa shape index (κ3) is 13.1. The predicted molar refractivity (Wildman–Crippen MR) is 98.1 cm³/mol. The van der Waals surface area contributed by atoms with Crippen LogP contribution < -0.4 is 0 Å². The molecule has 7 heteroatoms. The van der Waals surface area contributed by atoms with Gasteiger partial charge in [0.2, 0.25) is 0 Å². The van der Waals surface area contributed by atoms with E-state index in [1.165, 1.54) is 0 Å². The van der Waals surface area contributed by atoms with Gasteiger partial charge in [0.25, 0.3) is 10.1 Å². The Bertz CT molecular complexity index is 401. The van der Waals surface area contributed by atoms with Crippen molar-refractivity contribution in [1.82, 2.24) is 0 Å². The average Bonchev–Trinajstić information content (AvgIpc) is 2.37. The Hall–Kier alpha value is 0.0469. The highest BCUT2D eigenvalue weighted by Gasteiger charge is 2.36. The van der Waals surface area contributed by atoms with Gasteiger partial charge in [-0.1, -0.05) is 33.6 Å². The van der Waals surface area contributed by atoms with Crippen molar-refractivity contribution in [2.24, 2.45) is 0 Å². The molecule has 23 heavy (non-hydrogen) atoms. The molecule has 5 nitrogen and oxygen atoms in total. The van der Waals surface area contributed by atoms with Crippen LogP contribution in [0.1, 0.15) is 59.3 Å². The molecule has 140 valence electrons. The number of rotatable bonds is 13. The molecular formula is C16H36O5SSi. The highest BCUT2D eigenvalue weighted by atomic mass is 32.2. The average molecular weight is 369 g/mol. The van der Waals surface area contributed by atoms with Crippen molar-refractivity contribution in [2.45, 2.75) is 77.4 Å². The van der Waals surface area contributed by atoms with Gasteiger partial charge in [-0.3, -0.25) is 4.55 Å². The van der Waals surface area contributed by atoms with Crippen LogP contribution in [-0.4, -0.2) is 46.9 Å². The zero-order chi connectivity index (χ0) is 18.0. The summed E-state index contributed by atoms with van der Waals surface area (Å²) in [6.45, 7) is 13.5. The zero-order valence-corrected chi connectivity index (χ0v) is 17.4. The van der Waals surface area contributed by atoms with Gasteiger partial charge < -0.3 is 9.16 Å². The van der Waals surface area contributed by atoms with E-state index in [0.717, 1.165) is 38.9 Å². The van der Waals surface area contributed by atoms with Crippen molar-refractivity contribution in [3.63, 3.8) is 0 Å². The molecule has 0 saturated carbocycles. The van der Waals surface area contributed by atoms with Crippen molar-refractivity contribution in [3.8, 4) is 0 Å². The van der Waals surface area contributed by atoms with E-state index in [2.05, 4.69) is 33.9 Å². The van der Waals surface area contributed by atoms with Crippen LogP contribution in [-0.2, 0) is 19.3 Å². The predicted octanol–water partition coefficient (Wildman–Crippen LogP) is 4.25. The lowest BCUT2D eigenvalue weighted by atomic mass is 10.2. The van der Waals surface area contributed by atoms with Gasteiger partial charge in [0.15, 0.2) is 8.32 Å². The monoisotopic (exact) mass is 368 g/mol. The van der Waals surface area contributed by atoms with Gasteiger partial charge in [-0.05, 0) is 43.8 Å². The quantitative estimate of drug-likeness (QED) is 0.299. The van der Waals surface area contributed by atoms with E-state index in [9.17, 15) is 8.42 Å². The molecule has 0 amide bonds. The van der Waals surface area contributed by atoms with E-state index in [4.69, 9.17) is 13.7 Å². The zero-order valence-electron chi connectivity index (χ0n) is 15.6. The third-order valence-corrected chi connectivity index (χ3v) is 9.74. The second-order valence-corrected chi connectivity index (χ2v) is 14.0. The largest absolute Gasteiger partial charge is 0.417 e. The van der Waals surface area contributed by atoms with Crippen molar-refractivity contribution in [3.05, 3.63) is 0 Å². The lowest BCUT2D eigenvalue weighted by Gasteiger charge is -2.36. The number of ether oxygens (including phenoxy) is 1. The first-order valence-electron chi connectivity index (χ1n) is 8.62. The summed E-state index contributed by atoms with van der Waals surface area (Å²) < 4.78 is 41.2. The fourth-order valence-corrected chi connectivity index (χ4v) is 3.45. The van der Waals surface area contributed by atoms with Gasteiger partial charge in [0.05, 0.1) is 5.75 Å². The van der Waals surface area contributed by atoms with Crippen LogP contribution in [0, 0.1) is 0 Å². The molecule has 0 unspecified atom stereocenters. The summed E-state index contributed by atoms with van der Waals surface area (Å²) in [5, 5.41) is 0.274. The summed E-state index contributed by atoms with van der Waals surface area (Å²) in [6.07, 6.45) is 5.52. The molecule has 0 bridgehead atoms. The van der Waals surface area contributed by atoms with E-state index in [1.54, 1.807) is 0 Å². The molecular weight excluding hydrogens is 332 g/mol. The summed E-state index contributed by atoms with van der Waals surface area (Å²) >= 11 is 0. The summed E-state index contributed by atoms with van der Waals surface area (Å²) in [4.78, 5) is 0. The van der Waals surface area contributed by atoms with Crippen LogP contribution in [0.25, 0.3) is 0 Å². The van der Waals surface area contributed by atoms with E-state index in [0.29, 0.717) is 19.4 Å². The Kier molecular flexibility index (Phi) is 10.8. The van der Waals surface area contributed by atoms with Gasteiger partial charge in [0.1, 0.15) is 0 Å². The Labute approximate surface area is 144 Å². The minimum Gasteiger partial charge on any atom is -0.417 e. The van der Waals surface area contributed by atoms with Gasteiger partial charge >= 0.3 is 0 Å². The van der Waals surface area contributed by atoms with Crippen LogP contribution >= 0.6 is 0 Å². The van der Waals surface area contributed by atoms with Gasteiger partial charge in [-0.25, -0.2) is 0 Å². The second-order valence-electron chi connectivity index (χ2n) is 7.63. The Balaban J connectivity index is 3.38. The highest BCUT2D eigenvalue weighted by Crippen LogP contribution is 2.36. The summed E-state index contributed by atoms with van der Waals surface area (Å²) in [5.41, 5.74) is 0. The molecule has 0 saturated heterocycles. The molecule has 0 aromatic heterocycles. The van der Waals surface area contributed by atoms with Crippen molar-refractivity contribution < 1.29 is 22.1 Å². The number of hydrogen-bond donors (Lipinski definition) is 1. The summed E-state index contributed by atoms with van der Waals surface area (Å²) in [5.74, 6) is -0.176. The topological polar surface area (TPSA) is 72.8 Å². The molecule has 0 atom stereocenters. The molecule has 0 aliphatic heterocycles. The summed E-state index contributed by atoms with van der Waals surface area (Å²) in [7, 11) is -5.42. The molecule has 1 N–H and O–H groups in total. The van der Waals surface area contributed by atoms with Crippen LogP contribution in [0.2, 0.25) is 18.1 Å². The molecule has 0 spiro atoms. The number of hydrogen-bond acceptors (Lipinski definition) is 4. The van der Waals surface area contributed by atoms with Crippen LogP contribution in [0.15, 0.2) is 0 Å². The maximum atomic E-state index is 10.5. The standard InChI is InChI=1S/C16H36O5SSi/c1-16(2,3)23(4,5)21-14-9-7-6-8-12-20-13-10-11-15-22(17,18)19/h6-15H2,1-5H3,(H,17,18,19). The van der Waals surface area contributed by atoms with Crippen molar-refractivity contribution >= 4 is 18.4 Å². The maximum absolute atomic E-state index is 10.5. The molecule has 0 aromatic rings. The molecule has 0 radical (unpaired) electrons. The number of unbranched alkanes of at least 4 members (excludes halogenated alkanes) is 4. The van der Waals surface area contributed by atoms with Gasteiger partial charge in [-0.2, -0.15) is 8.42 Å². The first kappa shape index (κ1) is 23.0. The molecule has 0 aliphatic rings. The smallest absolute Gasteiger partial charge is 0.264 e. The third-order valence-electron chi connectivity index (χ3n) is 4.39. The normalized spacial score (nSPS) is 13.5. The van der Waals surface area contributed by atoms with Crippen LogP contribution in [0.5, 0.6) is 0 Å². The first-order chi connectivity index (χ1) is 10.5. The summed E-state index contributed by atoms with van der Waals surface area (Å²) in [6, 6.07) is 0. The molecule has 0 aromatic carbocycles. The minimum absolute atomic E-state index is 0.176. The fourth-order valence-electron chi connectivity index (χ4n) is 1.79. The minimum atomic E-state index is -3.82. The van der Waals surface area contributed by atoms with Crippen molar-refractivity contribution in [1.29, 1.82) is 0 Å². The first-order valence-corrected chi connectivity index (χ1v) is 13.1. The molecule has 0 fully saturated rings. The Morgan fingerprint density at radius 1 is 0.870 bits per heavy atom. The van der Waals surface area contributed by atoms with Crippen LogP contribution in [0.3, 0.4) is 0 Å². The van der Waals surface area contributed by atoms with E-state index < -0.39 is 18.4 Å². The van der Waals surface area contributed by atoms with Crippen molar-refractivity contribution in [2.75, 3.05) is 25.6 Å². The molecule has 0 aliphatic carbocycles. The fraction of sp³-hybridized carbons (Fsp3) is 1.00. The Morgan fingerprint density at radius 2 is 1.35 bits per heavy atom. The van der Waals surface area contributed by atoms with E-state index in [1.807, 2.05) is 0 Å². The SMILES string of the molecule is CC(C)(C)[Si](C)(C)OCCCCCCOCCCCS(=O)(=O)O. The van der Waals surface area contributed by atoms with Gasteiger partial charge in [0, 0.05) is 19.8 Å². The van der Waals surface area contributed by atoms with E-state index >= 15 is 0 Å². The highest BCUT2D eigenvalue weighted by molar-refractivity contribution is 7.85. The maximum Gasteiger partial charge on any atom is 0.264 e.